The molecule has 0 saturated carbocycles. The minimum absolute atomic E-state index is 0.185. The number of amides is 1. The molecule has 0 aliphatic carbocycles. The highest BCUT2D eigenvalue weighted by atomic mass is 16.6. The molecule has 0 saturated heterocycles. The molecule has 1 amide bonds. The Morgan fingerprint density at radius 3 is 2.21 bits per heavy atom. The molecule has 2 rings (SSSR count). The number of rotatable bonds is 10. The van der Waals surface area contributed by atoms with Crippen molar-refractivity contribution >= 4 is 17.6 Å². The molecule has 2 aromatic rings. The summed E-state index contributed by atoms with van der Waals surface area (Å²) in [6.45, 7) is 4.58. The Kier molecular flexibility index (Phi) is 8.30. The third kappa shape index (κ3) is 6.59. The molecule has 0 bridgehead atoms. The molecule has 150 valence electrons. The molecule has 0 fully saturated rings. The van der Waals surface area contributed by atoms with Gasteiger partial charge in [0.2, 0.25) is 0 Å². The Labute approximate surface area is 164 Å². The first-order valence-electron chi connectivity index (χ1n) is 9.00. The molecule has 0 spiro atoms. The normalized spacial score (nSPS) is 11.4. The molecule has 28 heavy (non-hydrogen) atoms. The lowest BCUT2D eigenvalue weighted by Gasteiger charge is -2.14. The Hall–Kier alpha value is -3.06. The summed E-state index contributed by atoms with van der Waals surface area (Å²) in [6.07, 6.45) is -0.763. The molecule has 7 nitrogen and oxygen atoms in total. The quantitative estimate of drug-likeness (QED) is 0.498. The van der Waals surface area contributed by atoms with E-state index < -0.39 is 12.1 Å². The summed E-state index contributed by atoms with van der Waals surface area (Å²) in [5.74, 6) is 0.460. The third-order valence-electron chi connectivity index (χ3n) is 3.79. The zero-order valence-electron chi connectivity index (χ0n) is 16.3. The van der Waals surface area contributed by atoms with Crippen LogP contribution >= 0.6 is 0 Å². The molecule has 0 radical (unpaired) electrons. The average molecular weight is 387 g/mol. The SMILES string of the molecule is CCOCCOC(=O)[C@H](C)Oc1ccc(C(=O)Nc2ccc(OC)cc2)cc1. The molecule has 0 unspecified atom stereocenters. The Morgan fingerprint density at radius 2 is 1.61 bits per heavy atom. The van der Waals surface area contributed by atoms with Crippen LogP contribution < -0.4 is 14.8 Å². The van der Waals surface area contributed by atoms with E-state index in [1.54, 1.807) is 62.6 Å². The summed E-state index contributed by atoms with van der Waals surface area (Å²) < 4.78 is 20.8. The van der Waals surface area contributed by atoms with Crippen LogP contribution in [0.2, 0.25) is 0 Å². The predicted octanol–water partition coefficient (Wildman–Crippen LogP) is 3.29. The lowest BCUT2D eigenvalue weighted by atomic mass is 10.2. The summed E-state index contributed by atoms with van der Waals surface area (Å²) in [6, 6.07) is 13.6. The van der Waals surface area contributed by atoms with Crippen LogP contribution in [0.5, 0.6) is 11.5 Å². The van der Waals surface area contributed by atoms with Gasteiger partial charge in [-0.25, -0.2) is 4.79 Å². The Bertz CT molecular complexity index is 757. The van der Waals surface area contributed by atoms with Gasteiger partial charge in [0.05, 0.1) is 13.7 Å². The van der Waals surface area contributed by atoms with Gasteiger partial charge in [-0.1, -0.05) is 0 Å². The number of esters is 1. The van der Waals surface area contributed by atoms with Gasteiger partial charge in [0.25, 0.3) is 5.91 Å². The van der Waals surface area contributed by atoms with E-state index in [4.69, 9.17) is 18.9 Å². The van der Waals surface area contributed by atoms with Gasteiger partial charge >= 0.3 is 5.97 Å². The van der Waals surface area contributed by atoms with E-state index in [2.05, 4.69) is 5.32 Å². The van der Waals surface area contributed by atoms with Gasteiger partial charge in [-0.05, 0) is 62.4 Å². The van der Waals surface area contributed by atoms with E-state index in [-0.39, 0.29) is 12.5 Å². The maximum atomic E-state index is 12.3. The fourth-order valence-electron chi connectivity index (χ4n) is 2.28. The lowest BCUT2D eigenvalue weighted by Crippen LogP contribution is -2.27. The van der Waals surface area contributed by atoms with Crippen molar-refractivity contribution in [3.8, 4) is 11.5 Å². The number of hydrogen-bond donors (Lipinski definition) is 1. The minimum Gasteiger partial charge on any atom is -0.497 e. The Balaban J connectivity index is 1.85. The van der Waals surface area contributed by atoms with Crippen LogP contribution in [0, 0.1) is 0 Å². The smallest absolute Gasteiger partial charge is 0.347 e. The van der Waals surface area contributed by atoms with Crippen molar-refractivity contribution in [2.75, 3.05) is 32.2 Å². The van der Waals surface area contributed by atoms with Crippen molar-refractivity contribution in [1.82, 2.24) is 0 Å². The van der Waals surface area contributed by atoms with Gasteiger partial charge in [-0.3, -0.25) is 4.79 Å². The van der Waals surface area contributed by atoms with E-state index >= 15 is 0 Å². The number of hydrogen-bond acceptors (Lipinski definition) is 6. The van der Waals surface area contributed by atoms with Crippen LogP contribution in [0.3, 0.4) is 0 Å². The largest absolute Gasteiger partial charge is 0.497 e. The maximum absolute atomic E-state index is 12.3. The van der Waals surface area contributed by atoms with E-state index in [1.807, 2.05) is 6.92 Å². The third-order valence-corrected chi connectivity index (χ3v) is 3.79. The fourth-order valence-corrected chi connectivity index (χ4v) is 2.28. The van der Waals surface area contributed by atoms with Crippen LogP contribution in [-0.4, -0.2) is 44.9 Å². The standard InChI is InChI=1S/C21H25NO6/c1-4-26-13-14-27-21(24)15(2)28-19-9-5-16(6-10-19)20(23)22-17-7-11-18(25-3)12-8-17/h5-12,15H,4,13-14H2,1-3H3,(H,22,23)/t15-/m0/s1. The molecule has 2 aromatic carbocycles. The topological polar surface area (TPSA) is 83.1 Å². The summed E-state index contributed by atoms with van der Waals surface area (Å²) >= 11 is 0. The first kappa shape index (κ1) is 21.2. The van der Waals surface area contributed by atoms with Crippen molar-refractivity contribution in [3.63, 3.8) is 0 Å². The molecular formula is C21H25NO6. The average Bonchev–Trinajstić information content (AvgIpc) is 2.72. The summed E-state index contributed by atoms with van der Waals surface area (Å²) in [5, 5.41) is 2.80. The van der Waals surface area contributed by atoms with Crippen LogP contribution in [0.15, 0.2) is 48.5 Å². The highest BCUT2D eigenvalue weighted by molar-refractivity contribution is 6.04. The second kappa shape index (κ2) is 10.9. The van der Waals surface area contributed by atoms with Crippen molar-refractivity contribution in [2.24, 2.45) is 0 Å². The fraction of sp³-hybridized carbons (Fsp3) is 0.333. The zero-order valence-corrected chi connectivity index (χ0v) is 16.3. The van der Waals surface area contributed by atoms with Crippen molar-refractivity contribution in [3.05, 3.63) is 54.1 Å². The van der Waals surface area contributed by atoms with Gasteiger partial charge in [0, 0.05) is 17.9 Å². The Morgan fingerprint density at radius 1 is 0.964 bits per heavy atom. The van der Waals surface area contributed by atoms with Gasteiger partial charge in [0.15, 0.2) is 6.10 Å². The molecule has 0 heterocycles. The molecule has 0 aliphatic heterocycles. The van der Waals surface area contributed by atoms with E-state index in [0.717, 1.165) is 0 Å². The molecule has 0 aliphatic rings. The van der Waals surface area contributed by atoms with Crippen LogP contribution in [0.1, 0.15) is 24.2 Å². The second-order valence-electron chi connectivity index (χ2n) is 5.83. The summed E-state index contributed by atoms with van der Waals surface area (Å²) in [4.78, 5) is 24.2. The molecule has 0 aromatic heterocycles. The lowest BCUT2D eigenvalue weighted by molar-refractivity contribution is -0.152. The van der Waals surface area contributed by atoms with Gasteiger partial charge in [-0.2, -0.15) is 0 Å². The van der Waals surface area contributed by atoms with Crippen molar-refractivity contribution in [2.45, 2.75) is 20.0 Å². The number of ether oxygens (including phenoxy) is 4. The first-order chi connectivity index (χ1) is 13.5. The number of carbonyl (C=O) groups excluding carboxylic acids is 2. The number of anilines is 1. The highest BCUT2D eigenvalue weighted by Gasteiger charge is 2.16. The predicted molar refractivity (Wildman–Crippen MR) is 105 cm³/mol. The van der Waals surface area contributed by atoms with E-state index in [9.17, 15) is 9.59 Å². The summed E-state index contributed by atoms with van der Waals surface area (Å²) in [7, 11) is 1.58. The molecule has 1 N–H and O–H groups in total. The highest BCUT2D eigenvalue weighted by Crippen LogP contribution is 2.18. The van der Waals surface area contributed by atoms with Crippen LogP contribution in [0.25, 0.3) is 0 Å². The van der Waals surface area contributed by atoms with Gasteiger partial charge in [0.1, 0.15) is 18.1 Å². The van der Waals surface area contributed by atoms with Crippen LogP contribution in [0.4, 0.5) is 5.69 Å². The second-order valence-corrected chi connectivity index (χ2v) is 5.83. The van der Waals surface area contributed by atoms with Crippen molar-refractivity contribution in [1.29, 1.82) is 0 Å². The zero-order chi connectivity index (χ0) is 20.4. The maximum Gasteiger partial charge on any atom is 0.347 e. The number of nitrogens with one attached hydrogen (secondary N) is 1. The van der Waals surface area contributed by atoms with Gasteiger partial charge < -0.3 is 24.3 Å². The number of benzene rings is 2. The number of methoxy groups -OCH3 is 1. The van der Waals surface area contributed by atoms with Crippen molar-refractivity contribution < 1.29 is 28.5 Å². The van der Waals surface area contributed by atoms with Crippen LogP contribution in [-0.2, 0) is 14.3 Å². The monoisotopic (exact) mass is 387 g/mol. The first-order valence-corrected chi connectivity index (χ1v) is 9.00. The van der Waals surface area contributed by atoms with Gasteiger partial charge in [-0.15, -0.1) is 0 Å². The molecule has 1 atom stereocenters. The van der Waals surface area contributed by atoms with E-state index in [1.165, 1.54) is 0 Å². The minimum atomic E-state index is -0.763. The molecular weight excluding hydrogens is 362 g/mol. The van der Waals surface area contributed by atoms with E-state index in [0.29, 0.717) is 36.0 Å². The number of carbonyl (C=O) groups is 2. The molecule has 7 heteroatoms. The summed E-state index contributed by atoms with van der Waals surface area (Å²) in [5.41, 5.74) is 1.13.